The molecule has 8 atom stereocenters. The monoisotopic (exact) mass is 1130 g/mol. The summed E-state index contributed by atoms with van der Waals surface area (Å²) in [7, 11) is 0. The average molecular weight is 1130 g/mol. The topological polar surface area (TPSA) is 246 Å². The fraction of sp³-hybridized carbons (Fsp3) is 0.532. The number of allylic oxidation sites excluding steroid dienone is 2. The molecule has 82 heavy (non-hydrogen) atoms. The van der Waals surface area contributed by atoms with Crippen molar-refractivity contribution < 1.29 is 57.2 Å². The third kappa shape index (κ3) is 18.7. The zero-order valence-corrected chi connectivity index (χ0v) is 49.2. The summed E-state index contributed by atoms with van der Waals surface area (Å²) in [6.07, 6.45) is 14.9. The largest absolute Gasteiger partial charge is 0.466 e. The van der Waals surface area contributed by atoms with Crippen LogP contribution in [0.4, 0.5) is 0 Å². The number of esters is 3. The Morgan fingerprint density at radius 2 is 1.02 bits per heavy atom. The lowest BCUT2D eigenvalue weighted by Crippen LogP contribution is -2.60. The Kier molecular flexibility index (Phi) is 24.5. The number of nitrogens with one attached hydrogen (secondary N) is 4. The van der Waals surface area contributed by atoms with Crippen LogP contribution in [0.5, 0.6) is 0 Å². The first kappa shape index (κ1) is 64.0. The third-order valence-electron chi connectivity index (χ3n) is 14.3. The van der Waals surface area contributed by atoms with Crippen molar-refractivity contribution in [2.45, 2.75) is 169 Å². The quantitative estimate of drug-likeness (QED) is 0.112. The van der Waals surface area contributed by atoms with Crippen molar-refractivity contribution >= 4 is 75.2 Å². The number of hydrogen-bond donors (Lipinski definition) is 4. The normalized spacial score (nSPS) is 25.7. The number of benzene rings is 2. The molecule has 2 saturated heterocycles. The van der Waals surface area contributed by atoms with Crippen molar-refractivity contribution in [3.05, 3.63) is 95.6 Å². The van der Waals surface area contributed by atoms with Crippen molar-refractivity contribution in [2.24, 2.45) is 11.8 Å². The number of hydrazine groups is 2. The molecule has 4 aromatic rings. The number of hydrogen-bond acceptors (Lipinski definition) is 16. The number of amides is 4. The van der Waals surface area contributed by atoms with Crippen LogP contribution in [0.25, 0.3) is 33.7 Å². The van der Waals surface area contributed by atoms with Crippen molar-refractivity contribution in [1.29, 1.82) is 0 Å². The summed E-state index contributed by atoms with van der Waals surface area (Å²) in [6, 6.07) is 13.1. The van der Waals surface area contributed by atoms with Crippen molar-refractivity contribution in [3.8, 4) is 0 Å². The highest BCUT2D eigenvalue weighted by atomic mass is 16.6. The zero-order valence-electron chi connectivity index (χ0n) is 49.2. The van der Waals surface area contributed by atoms with E-state index in [1.165, 1.54) is 16.9 Å². The average Bonchev–Trinajstić information content (AvgIpc) is 3.52. The predicted molar refractivity (Wildman–Crippen MR) is 311 cm³/mol. The van der Waals surface area contributed by atoms with E-state index in [0.717, 1.165) is 69.7 Å². The summed E-state index contributed by atoms with van der Waals surface area (Å²) in [6.45, 7) is 20.0. The molecule has 0 radical (unpaired) electrons. The molecule has 0 saturated carbocycles. The van der Waals surface area contributed by atoms with Crippen LogP contribution in [-0.4, -0.2) is 131 Å². The maximum absolute atomic E-state index is 13.1. The number of pyridine rings is 2. The Balaban J connectivity index is 0.000000240. The number of carbonyl (C=O) groups is 7. The van der Waals surface area contributed by atoms with Crippen LogP contribution in [0.1, 0.15) is 155 Å². The summed E-state index contributed by atoms with van der Waals surface area (Å²) in [4.78, 5) is 97.0. The summed E-state index contributed by atoms with van der Waals surface area (Å²) in [5, 5.41) is 12.4. The second kappa shape index (κ2) is 31.3. The van der Waals surface area contributed by atoms with E-state index in [-0.39, 0.29) is 41.4 Å². The number of cyclic esters (lactones) is 2. The fourth-order valence-corrected chi connectivity index (χ4v) is 9.68. The Morgan fingerprint density at radius 1 is 0.610 bits per heavy atom. The van der Waals surface area contributed by atoms with E-state index in [1.54, 1.807) is 20.8 Å². The molecule has 0 spiro atoms. The minimum Gasteiger partial charge on any atom is -0.466 e. The maximum Gasteiger partial charge on any atom is 0.325 e. The van der Waals surface area contributed by atoms with Gasteiger partial charge in [-0.3, -0.25) is 53.5 Å². The molecule has 0 aliphatic carbocycles. The molecule has 4 aliphatic heterocycles. The number of nitrogens with zero attached hydrogens (tertiary/aromatic N) is 4. The second-order valence-electron chi connectivity index (χ2n) is 21.8. The van der Waals surface area contributed by atoms with Crippen LogP contribution >= 0.6 is 0 Å². The molecule has 2 fully saturated rings. The molecule has 10 bridgehead atoms. The standard InChI is InChI=1S/2C29H38N4O5.C4H8O2/c2*1-18(2)26-27(34)31-19(3)28(35)33-13-8-10-25(32-33)29(36)38-20(4)21-11-12-22-17-30-24(16-23(22)15-21)9-6-5-7-14-37-26;1-3-6-4(2)5/h2*6,9,11-12,15-20,25-26,32H,5,7-8,10,13-14H2,1-4H3,(H,31,34);3H2,1-2H3/b2*9-6+;/t2*19-,20+,25-,26-;/m00./s1. The van der Waals surface area contributed by atoms with E-state index in [9.17, 15) is 33.6 Å². The highest BCUT2D eigenvalue weighted by molar-refractivity contribution is 5.91. The molecule has 6 heterocycles. The van der Waals surface area contributed by atoms with E-state index >= 15 is 0 Å². The number of carbonyl (C=O) groups excluding carboxylic acids is 7. The van der Waals surface area contributed by atoms with Crippen LogP contribution in [0.15, 0.2) is 73.1 Å². The zero-order chi connectivity index (χ0) is 59.5. The molecular formula is C62H84N8O12. The lowest BCUT2D eigenvalue weighted by Gasteiger charge is -2.35. The summed E-state index contributed by atoms with van der Waals surface area (Å²) >= 11 is 0. The van der Waals surface area contributed by atoms with Crippen LogP contribution in [-0.2, 0) is 57.2 Å². The van der Waals surface area contributed by atoms with Crippen molar-refractivity contribution in [1.82, 2.24) is 41.5 Å². The first-order chi connectivity index (χ1) is 39.2. The molecule has 4 aliphatic rings. The minimum absolute atomic E-state index is 0.0562. The van der Waals surface area contributed by atoms with E-state index in [0.29, 0.717) is 58.6 Å². The first-order valence-electron chi connectivity index (χ1n) is 28.9. The molecule has 444 valence electrons. The molecule has 20 heteroatoms. The van der Waals surface area contributed by atoms with Gasteiger partial charge >= 0.3 is 17.9 Å². The van der Waals surface area contributed by atoms with Gasteiger partial charge in [-0.05, 0) is 156 Å². The first-order valence-corrected chi connectivity index (χ1v) is 28.9. The van der Waals surface area contributed by atoms with E-state index in [1.807, 2.05) is 127 Å². The van der Waals surface area contributed by atoms with Gasteiger partial charge in [-0.2, -0.15) is 0 Å². The summed E-state index contributed by atoms with van der Waals surface area (Å²) in [5.74, 6) is -2.41. The van der Waals surface area contributed by atoms with Gasteiger partial charge in [0.25, 0.3) is 11.8 Å². The molecule has 4 amide bonds. The predicted octanol–water partition coefficient (Wildman–Crippen LogP) is 7.94. The summed E-state index contributed by atoms with van der Waals surface area (Å²) < 4.78 is 27.8. The SMILES string of the molecule is CC(C)[C@@H]1OCCC/C=C/c2cc3cc(ccc3cn2)[C@@H](C)OC(=O)[C@@H]2CCCN(N2)C(=O)[C@H](C)NC1=O.CC(C)[C@@H]1OCCC/C=C/c2cc3cc(ccc3cn2)[C@@H](C)OC(=O)[C@@H]2CCCN(N2)C(=O)[C@H](C)NC1=O.CCOC(C)=O. The number of fused-ring (bicyclic) bond motifs is 8. The molecule has 4 N–H and O–H groups in total. The minimum atomic E-state index is -0.775. The molecular weight excluding hydrogens is 1050 g/mol. The van der Waals surface area contributed by atoms with Gasteiger partial charge in [-0.15, -0.1) is 0 Å². The van der Waals surface area contributed by atoms with Gasteiger partial charge in [0.2, 0.25) is 11.8 Å². The fourth-order valence-electron chi connectivity index (χ4n) is 9.68. The lowest BCUT2D eigenvalue weighted by atomic mass is 10.0. The number of ether oxygens (including phenoxy) is 5. The van der Waals surface area contributed by atoms with Gasteiger partial charge in [-0.25, -0.2) is 10.9 Å². The summed E-state index contributed by atoms with van der Waals surface area (Å²) in [5.41, 5.74) is 9.47. The van der Waals surface area contributed by atoms with Crippen LogP contribution < -0.4 is 21.5 Å². The van der Waals surface area contributed by atoms with Crippen LogP contribution in [0.3, 0.4) is 0 Å². The Bertz CT molecular complexity index is 2730. The second-order valence-corrected chi connectivity index (χ2v) is 21.8. The van der Waals surface area contributed by atoms with E-state index in [4.69, 9.17) is 18.9 Å². The maximum atomic E-state index is 13.1. The number of rotatable bonds is 3. The van der Waals surface area contributed by atoms with Gasteiger partial charge in [-0.1, -0.05) is 64.1 Å². The van der Waals surface area contributed by atoms with Gasteiger partial charge < -0.3 is 34.3 Å². The lowest BCUT2D eigenvalue weighted by molar-refractivity contribution is -0.158. The van der Waals surface area contributed by atoms with Gasteiger partial charge in [0.15, 0.2) is 0 Å². The van der Waals surface area contributed by atoms with Gasteiger partial charge in [0, 0.05) is 56.4 Å². The van der Waals surface area contributed by atoms with Crippen LogP contribution in [0.2, 0.25) is 0 Å². The smallest absolute Gasteiger partial charge is 0.325 e. The Labute approximate surface area is 481 Å². The van der Waals surface area contributed by atoms with E-state index < -0.39 is 60.5 Å². The van der Waals surface area contributed by atoms with Crippen molar-refractivity contribution in [2.75, 3.05) is 32.9 Å². The van der Waals surface area contributed by atoms with E-state index in [2.05, 4.69) is 36.2 Å². The molecule has 2 aromatic carbocycles. The molecule has 20 nitrogen and oxygen atoms in total. The highest BCUT2D eigenvalue weighted by Gasteiger charge is 2.36. The van der Waals surface area contributed by atoms with Crippen molar-refractivity contribution in [3.63, 3.8) is 0 Å². The third-order valence-corrected chi connectivity index (χ3v) is 14.3. The highest BCUT2D eigenvalue weighted by Crippen LogP contribution is 2.27. The van der Waals surface area contributed by atoms with Gasteiger partial charge in [0.05, 0.1) is 18.0 Å². The Morgan fingerprint density at radius 3 is 1.39 bits per heavy atom. The number of aromatic nitrogens is 2. The van der Waals surface area contributed by atoms with Crippen LogP contribution in [0, 0.1) is 11.8 Å². The molecule has 0 unspecified atom stereocenters. The van der Waals surface area contributed by atoms with Gasteiger partial charge in [0.1, 0.15) is 48.6 Å². The molecule has 2 aromatic heterocycles. The Hall–Kier alpha value is -7.13. The molecule has 8 rings (SSSR count).